The van der Waals surface area contributed by atoms with Gasteiger partial charge in [0, 0.05) is 25.2 Å². The van der Waals surface area contributed by atoms with E-state index in [0.717, 1.165) is 25.8 Å². The first-order valence-corrected chi connectivity index (χ1v) is 19.1. The van der Waals surface area contributed by atoms with Gasteiger partial charge >= 0.3 is 5.97 Å². The van der Waals surface area contributed by atoms with Crippen molar-refractivity contribution in [1.29, 1.82) is 0 Å². The number of esters is 1. The van der Waals surface area contributed by atoms with E-state index in [-0.39, 0.29) is 48.2 Å². The largest absolute Gasteiger partial charge is 0.464 e. The van der Waals surface area contributed by atoms with Gasteiger partial charge in [0.25, 0.3) is 0 Å². The quantitative estimate of drug-likeness (QED) is 0.195. The van der Waals surface area contributed by atoms with E-state index in [1.54, 1.807) is 48.5 Å². The van der Waals surface area contributed by atoms with Gasteiger partial charge in [-0.1, -0.05) is 47.1 Å². The summed E-state index contributed by atoms with van der Waals surface area (Å²) in [5, 5.41) is 5.96. The average molecular weight is 694 g/mol. The fourth-order valence-corrected chi connectivity index (χ4v) is 7.15. The number of ether oxygens (including phenoxy) is 1. The standard InChI is InChI=1S/C36H63N5O6S/c1-12-47-35(46)26(18-21-48-11)37-31(42)28-17-15-20-41(28)33(44)25(6)22-29(23(2)3)39(10)34(45)30(36(7,8)9)38-32(43)27-16-13-14-19-40(27)24(4)5/h22-24,26-30H,12-21H2,1-11H3,(H,37,42)(H,38,43)/b25-22+/t26-,27?,28-,29+,30+/m0/s1. The van der Waals surface area contributed by atoms with E-state index in [1.165, 1.54) is 0 Å². The number of carbonyl (C=O) groups excluding carboxylic acids is 5. The van der Waals surface area contributed by atoms with Crippen molar-refractivity contribution in [2.45, 2.75) is 137 Å². The second-order valence-corrected chi connectivity index (χ2v) is 15.9. The molecule has 4 amide bonds. The van der Waals surface area contributed by atoms with Crippen molar-refractivity contribution in [2.75, 3.05) is 38.8 Å². The molecular formula is C36H63N5O6S. The summed E-state index contributed by atoms with van der Waals surface area (Å²) >= 11 is 1.58. The maximum atomic E-state index is 14.2. The number of likely N-dealkylation sites (N-methyl/N-ethyl adjacent to an activating group) is 1. The Hall–Kier alpha value is -2.60. The lowest BCUT2D eigenvalue weighted by molar-refractivity contribution is -0.148. The lowest BCUT2D eigenvalue weighted by Crippen LogP contribution is -2.60. The zero-order valence-corrected chi connectivity index (χ0v) is 32.2. The van der Waals surface area contributed by atoms with Gasteiger partial charge < -0.3 is 25.2 Å². The predicted octanol–water partition coefficient (Wildman–Crippen LogP) is 4.00. The number of thioether (sulfide) groups is 1. The van der Waals surface area contributed by atoms with Gasteiger partial charge in [0.15, 0.2) is 0 Å². The molecule has 0 aliphatic carbocycles. The van der Waals surface area contributed by atoms with Crippen LogP contribution in [-0.2, 0) is 28.7 Å². The molecule has 11 nitrogen and oxygen atoms in total. The third-order valence-electron chi connectivity index (χ3n) is 9.46. The van der Waals surface area contributed by atoms with Gasteiger partial charge in [-0.3, -0.25) is 24.1 Å². The highest BCUT2D eigenvalue weighted by atomic mass is 32.2. The van der Waals surface area contributed by atoms with Crippen LogP contribution in [0.5, 0.6) is 0 Å². The summed E-state index contributed by atoms with van der Waals surface area (Å²) in [7, 11) is 1.73. The third kappa shape index (κ3) is 11.2. The van der Waals surface area contributed by atoms with Crippen LogP contribution in [0.25, 0.3) is 0 Å². The van der Waals surface area contributed by atoms with Crippen LogP contribution in [0.2, 0.25) is 0 Å². The molecule has 2 rings (SSSR count). The highest BCUT2D eigenvalue weighted by Crippen LogP contribution is 2.27. The number of piperidine rings is 1. The summed E-state index contributed by atoms with van der Waals surface area (Å²) < 4.78 is 5.18. The molecule has 2 fully saturated rings. The fraction of sp³-hybridized carbons (Fsp3) is 0.806. The maximum Gasteiger partial charge on any atom is 0.328 e. The Kier molecular flexibility index (Phi) is 16.4. The van der Waals surface area contributed by atoms with Crippen LogP contribution in [0.3, 0.4) is 0 Å². The van der Waals surface area contributed by atoms with Crippen molar-refractivity contribution in [3.05, 3.63) is 11.6 Å². The molecule has 1 unspecified atom stereocenters. The van der Waals surface area contributed by atoms with Crippen molar-refractivity contribution in [2.24, 2.45) is 11.3 Å². The summed E-state index contributed by atoms with van der Waals surface area (Å²) in [6.07, 6.45) is 8.14. The number of carbonyl (C=O) groups is 5. The Morgan fingerprint density at radius 1 is 0.958 bits per heavy atom. The molecule has 48 heavy (non-hydrogen) atoms. The van der Waals surface area contributed by atoms with Gasteiger partial charge in [-0.05, 0) is 89.7 Å². The smallest absolute Gasteiger partial charge is 0.328 e. The van der Waals surface area contributed by atoms with E-state index in [0.29, 0.717) is 37.1 Å². The molecule has 2 N–H and O–H groups in total. The van der Waals surface area contributed by atoms with Crippen LogP contribution in [0, 0.1) is 11.3 Å². The van der Waals surface area contributed by atoms with E-state index in [1.807, 2.05) is 40.9 Å². The molecule has 5 atom stereocenters. The van der Waals surface area contributed by atoms with Crippen molar-refractivity contribution in [1.82, 2.24) is 25.3 Å². The van der Waals surface area contributed by atoms with Crippen LogP contribution in [0.15, 0.2) is 11.6 Å². The van der Waals surface area contributed by atoms with Crippen molar-refractivity contribution in [3.8, 4) is 0 Å². The number of likely N-dealkylation sites (tertiary alicyclic amines) is 2. The average Bonchev–Trinajstić information content (AvgIpc) is 3.52. The number of rotatable bonds is 15. The highest BCUT2D eigenvalue weighted by Gasteiger charge is 2.41. The molecule has 2 aliphatic rings. The molecule has 0 saturated carbocycles. The van der Waals surface area contributed by atoms with Crippen LogP contribution < -0.4 is 10.6 Å². The lowest BCUT2D eigenvalue weighted by Gasteiger charge is -2.41. The summed E-state index contributed by atoms with van der Waals surface area (Å²) in [4.78, 5) is 73.0. The molecule has 2 saturated heterocycles. The topological polar surface area (TPSA) is 128 Å². The highest BCUT2D eigenvalue weighted by molar-refractivity contribution is 7.98. The summed E-state index contributed by atoms with van der Waals surface area (Å²) in [5.41, 5.74) is -0.120. The van der Waals surface area contributed by atoms with Crippen LogP contribution in [-0.4, -0.2) is 119 Å². The predicted molar refractivity (Wildman–Crippen MR) is 192 cm³/mol. The van der Waals surface area contributed by atoms with Gasteiger partial charge in [-0.15, -0.1) is 0 Å². The Morgan fingerprint density at radius 3 is 2.15 bits per heavy atom. The molecule has 0 spiro atoms. The van der Waals surface area contributed by atoms with Gasteiger partial charge in [-0.2, -0.15) is 11.8 Å². The summed E-state index contributed by atoms with van der Waals surface area (Å²) in [5.74, 6) is -0.802. The summed E-state index contributed by atoms with van der Waals surface area (Å²) in [6, 6.07) is -2.71. The Morgan fingerprint density at radius 2 is 1.58 bits per heavy atom. The van der Waals surface area contributed by atoms with E-state index < -0.39 is 35.6 Å². The van der Waals surface area contributed by atoms with E-state index in [9.17, 15) is 24.0 Å². The van der Waals surface area contributed by atoms with Gasteiger partial charge in [-0.25, -0.2) is 4.79 Å². The van der Waals surface area contributed by atoms with Crippen LogP contribution in [0.1, 0.15) is 101 Å². The zero-order chi connectivity index (χ0) is 36.3. The molecule has 0 aromatic heterocycles. The second kappa shape index (κ2) is 19.0. The van der Waals surface area contributed by atoms with E-state index in [4.69, 9.17) is 4.74 Å². The Balaban J connectivity index is 2.26. The Labute approximate surface area is 293 Å². The van der Waals surface area contributed by atoms with E-state index >= 15 is 0 Å². The summed E-state index contributed by atoms with van der Waals surface area (Å²) in [6.45, 7) is 19.0. The molecule has 2 aliphatic heterocycles. The molecule has 274 valence electrons. The maximum absolute atomic E-state index is 14.2. The first-order valence-electron chi connectivity index (χ1n) is 17.7. The minimum absolute atomic E-state index is 0.0350. The van der Waals surface area contributed by atoms with Crippen molar-refractivity contribution >= 4 is 41.4 Å². The number of hydrogen-bond acceptors (Lipinski definition) is 8. The SMILES string of the molecule is CCOC(=O)[C@H](CCSC)NC(=O)[C@@H]1CCCN1C(=O)/C(C)=C/[C@H](C(C)C)N(C)C(=O)[C@@H](NC(=O)C1CCCCN1C(C)C)C(C)(C)C. The zero-order valence-electron chi connectivity index (χ0n) is 31.4. The molecule has 0 bridgehead atoms. The van der Waals surface area contributed by atoms with Crippen molar-refractivity contribution < 1.29 is 28.7 Å². The first kappa shape index (κ1) is 41.6. The molecule has 2 heterocycles. The lowest BCUT2D eigenvalue weighted by atomic mass is 9.84. The first-order chi connectivity index (χ1) is 22.5. The van der Waals surface area contributed by atoms with Crippen molar-refractivity contribution in [3.63, 3.8) is 0 Å². The second-order valence-electron chi connectivity index (χ2n) is 14.9. The molecule has 12 heteroatoms. The van der Waals surface area contributed by atoms with Gasteiger partial charge in [0.2, 0.25) is 23.6 Å². The minimum atomic E-state index is -0.771. The monoisotopic (exact) mass is 693 g/mol. The molecule has 0 aromatic rings. The van der Waals surface area contributed by atoms with Gasteiger partial charge in [0.1, 0.15) is 18.1 Å². The fourth-order valence-electron chi connectivity index (χ4n) is 6.67. The molecule has 0 aromatic carbocycles. The van der Waals surface area contributed by atoms with Gasteiger partial charge in [0.05, 0.1) is 18.7 Å². The molecular weight excluding hydrogens is 630 g/mol. The minimum Gasteiger partial charge on any atom is -0.464 e. The number of hydrogen-bond donors (Lipinski definition) is 2. The number of nitrogens with zero attached hydrogens (tertiary/aromatic N) is 3. The number of amides is 4. The third-order valence-corrected chi connectivity index (χ3v) is 10.1. The van der Waals surface area contributed by atoms with E-state index in [2.05, 4.69) is 29.4 Å². The Bertz CT molecular complexity index is 1150. The number of nitrogens with one attached hydrogen (secondary N) is 2. The molecule has 0 radical (unpaired) electrons. The van der Waals surface area contributed by atoms with Crippen LogP contribution >= 0.6 is 11.8 Å². The van der Waals surface area contributed by atoms with Crippen LogP contribution in [0.4, 0.5) is 0 Å². The normalized spacial score (nSPS) is 21.1.